The molecular formula is C17H20N4O2S. The summed E-state index contributed by atoms with van der Waals surface area (Å²) in [6.07, 6.45) is 0. The molecule has 0 radical (unpaired) electrons. The van der Waals surface area contributed by atoms with Crippen LogP contribution in [0.2, 0.25) is 0 Å². The fraction of sp³-hybridized carbons (Fsp3) is 0.353. The number of ether oxygens (including phenoxy) is 1. The van der Waals surface area contributed by atoms with E-state index in [1.807, 2.05) is 31.2 Å². The van der Waals surface area contributed by atoms with Gasteiger partial charge in [0.1, 0.15) is 10.8 Å². The Morgan fingerprint density at radius 1 is 1.29 bits per heavy atom. The lowest BCUT2D eigenvalue weighted by molar-refractivity contribution is 0.414. The summed E-state index contributed by atoms with van der Waals surface area (Å²) in [5.74, 6) is 0.820. The lowest BCUT2D eigenvalue weighted by atomic mass is 10.2. The smallest absolute Gasteiger partial charge is 0.275 e. The number of hydrogen-bond donors (Lipinski definition) is 0. The van der Waals surface area contributed by atoms with E-state index in [9.17, 15) is 4.79 Å². The first-order valence-electron chi connectivity index (χ1n) is 7.75. The molecule has 3 aromatic rings. The van der Waals surface area contributed by atoms with Crippen molar-refractivity contribution in [2.75, 3.05) is 12.0 Å². The van der Waals surface area contributed by atoms with Crippen LogP contribution in [-0.4, -0.2) is 27.7 Å². The number of rotatable bonds is 5. The molecule has 24 heavy (non-hydrogen) atoms. The Labute approximate surface area is 144 Å². The van der Waals surface area contributed by atoms with Crippen LogP contribution in [0.25, 0.3) is 4.96 Å². The highest BCUT2D eigenvalue weighted by Crippen LogP contribution is 2.23. The van der Waals surface area contributed by atoms with E-state index in [4.69, 9.17) is 4.74 Å². The summed E-state index contributed by atoms with van der Waals surface area (Å²) in [6, 6.07) is 9.72. The first-order valence-corrected chi connectivity index (χ1v) is 8.56. The van der Waals surface area contributed by atoms with Gasteiger partial charge in [-0.15, -0.1) is 0 Å². The molecule has 0 aliphatic carbocycles. The minimum Gasteiger partial charge on any atom is -0.497 e. The van der Waals surface area contributed by atoms with E-state index in [0.29, 0.717) is 11.5 Å². The van der Waals surface area contributed by atoms with Crippen LogP contribution in [0.4, 0.5) is 5.69 Å². The summed E-state index contributed by atoms with van der Waals surface area (Å²) in [7, 11) is 1.65. The molecule has 0 spiro atoms. The highest BCUT2D eigenvalue weighted by atomic mass is 32.1. The van der Waals surface area contributed by atoms with E-state index < -0.39 is 0 Å². The largest absolute Gasteiger partial charge is 0.497 e. The average Bonchev–Trinajstić information content (AvgIpc) is 2.93. The van der Waals surface area contributed by atoms with Gasteiger partial charge in [-0.2, -0.15) is 9.61 Å². The summed E-state index contributed by atoms with van der Waals surface area (Å²) in [5.41, 5.74) is 1.67. The molecule has 0 saturated heterocycles. The van der Waals surface area contributed by atoms with Gasteiger partial charge in [-0.25, -0.2) is 4.98 Å². The Kier molecular flexibility index (Phi) is 4.53. The van der Waals surface area contributed by atoms with Gasteiger partial charge in [0.05, 0.1) is 19.3 Å². The topological polar surface area (TPSA) is 59.7 Å². The summed E-state index contributed by atoms with van der Waals surface area (Å²) in [6.45, 7) is 6.67. The summed E-state index contributed by atoms with van der Waals surface area (Å²) in [4.78, 5) is 19.6. The molecule has 126 valence electrons. The quantitative estimate of drug-likeness (QED) is 0.712. The highest BCUT2D eigenvalue weighted by molar-refractivity contribution is 7.16. The Balaban J connectivity index is 1.94. The van der Waals surface area contributed by atoms with Crippen molar-refractivity contribution in [3.8, 4) is 5.75 Å². The number of aromatic nitrogens is 3. The van der Waals surface area contributed by atoms with Gasteiger partial charge in [-0.05, 0) is 45.0 Å². The van der Waals surface area contributed by atoms with Crippen molar-refractivity contribution in [2.24, 2.45) is 0 Å². The molecular weight excluding hydrogens is 324 g/mol. The number of fused-ring (bicyclic) bond motifs is 1. The lowest BCUT2D eigenvalue weighted by Gasteiger charge is -2.28. The van der Waals surface area contributed by atoms with E-state index in [1.165, 1.54) is 15.9 Å². The molecule has 0 N–H and O–H groups in total. The fourth-order valence-electron chi connectivity index (χ4n) is 2.55. The van der Waals surface area contributed by atoms with E-state index in [2.05, 4.69) is 28.8 Å². The minimum absolute atomic E-state index is 0.141. The molecule has 0 atom stereocenters. The normalized spacial score (nSPS) is 11.2. The summed E-state index contributed by atoms with van der Waals surface area (Å²) < 4.78 is 6.57. The van der Waals surface area contributed by atoms with Gasteiger partial charge in [0.25, 0.3) is 5.56 Å². The van der Waals surface area contributed by atoms with Gasteiger partial charge in [0, 0.05) is 17.8 Å². The highest BCUT2D eigenvalue weighted by Gasteiger charge is 2.14. The van der Waals surface area contributed by atoms with Crippen molar-refractivity contribution >= 4 is 22.0 Å². The average molecular weight is 344 g/mol. The van der Waals surface area contributed by atoms with Crippen molar-refractivity contribution in [3.63, 3.8) is 0 Å². The predicted octanol–water partition coefficient (Wildman–Crippen LogP) is 2.88. The predicted molar refractivity (Wildman–Crippen MR) is 96.2 cm³/mol. The Hall–Kier alpha value is -2.41. The lowest BCUT2D eigenvalue weighted by Crippen LogP contribution is -2.31. The molecule has 0 unspecified atom stereocenters. The van der Waals surface area contributed by atoms with Crippen molar-refractivity contribution < 1.29 is 4.74 Å². The van der Waals surface area contributed by atoms with E-state index in [0.717, 1.165) is 22.1 Å². The van der Waals surface area contributed by atoms with Crippen LogP contribution in [0.15, 0.2) is 35.1 Å². The number of methoxy groups -OCH3 is 1. The van der Waals surface area contributed by atoms with Crippen molar-refractivity contribution in [3.05, 3.63) is 51.4 Å². The van der Waals surface area contributed by atoms with Gasteiger partial charge < -0.3 is 9.64 Å². The molecule has 6 nitrogen and oxygen atoms in total. The monoisotopic (exact) mass is 344 g/mol. The molecule has 0 fully saturated rings. The fourth-order valence-corrected chi connectivity index (χ4v) is 3.32. The molecule has 0 aliphatic heterocycles. The molecule has 0 bridgehead atoms. The number of benzene rings is 1. The van der Waals surface area contributed by atoms with Crippen LogP contribution in [0.3, 0.4) is 0 Å². The van der Waals surface area contributed by atoms with Crippen molar-refractivity contribution in [1.29, 1.82) is 0 Å². The SMILES string of the molecule is COc1ccc(N(Cc2cc(=O)n3nc(C)sc3n2)C(C)C)cc1. The van der Waals surface area contributed by atoms with E-state index in [1.54, 1.807) is 13.2 Å². The Morgan fingerprint density at radius 3 is 2.62 bits per heavy atom. The number of hydrogen-bond acceptors (Lipinski definition) is 6. The van der Waals surface area contributed by atoms with E-state index >= 15 is 0 Å². The van der Waals surface area contributed by atoms with Crippen molar-refractivity contribution in [1.82, 2.24) is 14.6 Å². The maximum absolute atomic E-state index is 12.2. The molecule has 2 aromatic heterocycles. The molecule has 7 heteroatoms. The first-order chi connectivity index (χ1) is 11.5. The second-order valence-corrected chi connectivity index (χ2v) is 6.98. The molecule has 0 amide bonds. The molecule has 0 aliphatic rings. The third kappa shape index (κ3) is 3.26. The molecule has 0 saturated carbocycles. The van der Waals surface area contributed by atoms with Crippen LogP contribution in [0.1, 0.15) is 24.5 Å². The maximum Gasteiger partial charge on any atom is 0.275 e. The Bertz CT molecular complexity index is 899. The van der Waals surface area contributed by atoms with E-state index in [-0.39, 0.29) is 11.6 Å². The molecule has 1 aromatic carbocycles. The van der Waals surface area contributed by atoms with Gasteiger partial charge in [-0.3, -0.25) is 4.79 Å². The summed E-state index contributed by atoms with van der Waals surface area (Å²) >= 11 is 1.42. The van der Waals surface area contributed by atoms with Gasteiger partial charge >= 0.3 is 0 Å². The summed E-state index contributed by atoms with van der Waals surface area (Å²) in [5, 5.41) is 5.00. The molecule has 2 heterocycles. The zero-order valence-electron chi connectivity index (χ0n) is 14.2. The van der Waals surface area contributed by atoms with Crippen LogP contribution in [0, 0.1) is 6.92 Å². The van der Waals surface area contributed by atoms with Gasteiger partial charge in [0.15, 0.2) is 0 Å². The van der Waals surface area contributed by atoms with Gasteiger partial charge in [0.2, 0.25) is 4.96 Å². The zero-order chi connectivity index (χ0) is 17.3. The van der Waals surface area contributed by atoms with Crippen LogP contribution < -0.4 is 15.2 Å². The number of anilines is 1. The standard InChI is InChI=1S/C17H20N4O2S/c1-11(2)20(14-5-7-15(23-4)8-6-14)10-13-9-16(22)21-17(18-13)24-12(3)19-21/h5-9,11H,10H2,1-4H3. The number of aryl methyl sites for hydroxylation is 1. The maximum atomic E-state index is 12.2. The first kappa shape index (κ1) is 16.4. The van der Waals surface area contributed by atoms with Crippen LogP contribution in [0.5, 0.6) is 5.75 Å². The number of nitrogens with zero attached hydrogens (tertiary/aromatic N) is 4. The van der Waals surface area contributed by atoms with Gasteiger partial charge in [-0.1, -0.05) is 11.3 Å². The Morgan fingerprint density at radius 2 is 2.00 bits per heavy atom. The van der Waals surface area contributed by atoms with Crippen molar-refractivity contribution in [2.45, 2.75) is 33.4 Å². The minimum atomic E-state index is -0.141. The zero-order valence-corrected chi connectivity index (χ0v) is 15.0. The third-order valence-electron chi connectivity index (χ3n) is 3.76. The molecule has 3 rings (SSSR count). The second-order valence-electron chi connectivity index (χ2n) is 5.82. The second kappa shape index (κ2) is 6.60. The van der Waals surface area contributed by atoms with Crippen LogP contribution >= 0.6 is 11.3 Å². The van der Waals surface area contributed by atoms with Crippen LogP contribution in [-0.2, 0) is 6.54 Å². The third-order valence-corrected chi connectivity index (χ3v) is 4.58.